The van der Waals surface area contributed by atoms with E-state index in [0.717, 1.165) is 37.4 Å². The monoisotopic (exact) mass is 361 g/mol. The number of nitrogens with two attached hydrogens (primary N) is 1. The van der Waals surface area contributed by atoms with Crippen molar-refractivity contribution in [3.63, 3.8) is 0 Å². The van der Waals surface area contributed by atoms with Gasteiger partial charge < -0.3 is 5.73 Å². The number of aromatic nitrogens is 2. The molecule has 5 heteroatoms. The maximum absolute atomic E-state index is 6.23. The normalized spacial score (nSPS) is 10.8. The number of nitrogen functional groups attached to an aromatic ring is 1. The van der Waals surface area contributed by atoms with Crippen LogP contribution in [0.2, 0.25) is 5.02 Å². The zero-order chi connectivity index (χ0) is 15.0. The SMILES string of the molecule is Cc1ccc(-c2[nH]nc(N)c2-c2ccccc2Br)cc1Cl. The number of hydrogen-bond acceptors (Lipinski definition) is 2. The second-order valence-corrected chi connectivity index (χ2v) is 6.06. The highest BCUT2D eigenvalue weighted by molar-refractivity contribution is 9.10. The molecule has 3 rings (SSSR count). The fourth-order valence-corrected chi connectivity index (χ4v) is 2.91. The van der Waals surface area contributed by atoms with E-state index in [0.29, 0.717) is 5.82 Å². The van der Waals surface area contributed by atoms with Crippen molar-refractivity contribution in [1.29, 1.82) is 0 Å². The van der Waals surface area contributed by atoms with Crippen LogP contribution in [0.15, 0.2) is 46.9 Å². The summed E-state index contributed by atoms with van der Waals surface area (Å²) in [6.45, 7) is 1.97. The molecule has 0 radical (unpaired) electrons. The minimum atomic E-state index is 0.466. The van der Waals surface area contributed by atoms with Gasteiger partial charge in [-0.05, 0) is 24.6 Å². The summed E-state index contributed by atoms with van der Waals surface area (Å²) in [6.07, 6.45) is 0. The summed E-state index contributed by atoms with van der Waals surface area (Å²) in [7, 11) is 0. The lowest BCUT2D eigenvalue weighted by Gasteiger charge is -2.08. The Hall–Kier alpha value is -1.78. The number of benzene rings is 2. The molecule has 3 N–H and O–H groups in total. The number of anilines is 1. The van der Waals surface area contributed by atoms with E-state index in [-0.39, 0.29) is 0 Å². The van der Waals surface area contributed by atoms with Crippen LogP contribution in [0, 0.1) is 6.92 Å². The molecule has 0 atom stereocenters. The number of halogens is 2. The molecule has 2 aromatic carbocycles. The molecule has 3 aromatic rings. The molecule has 3 nitrogen and oxygen atoms in total. The van der Waals surface area contributed by atoms with Gasteiger partial charge in [0.15, 0.2) is 5.82 Å². The van der Waals surface area contributed by atoms with Gasteiger partial charge in [-0.25, -0.2) is 0 Å². The quantitative estimate of drug-likeness (QED) is 0.670. The maximum atomic E-state index is 6.23. The first kappa shape index (κ1) is 14.2. The summed E-state index contributed by atoms with van der Waals surface area (Å²) in [6, 6.07) is 13.8. The number of hydrogen-bond donors (Lipinski definition) is 2. The Morgan fingerprint density at radius 1 is 1.19 bits per heavy atom. The molecule has 0 saturated carbocycles. The Kier molecular flexibility index (Phi) is 3.74. The molecule has 1 heterocycles. The van der Waals surface area contributed by atoms with Crippen molar-refractivity contribution in [3.05, 3.63) is 57.5 Å². The van der Waals surface area contributed by atoms with Crippen molar-refractivity contribution < 1.29 is 0 Å². The van der Waals surface area contributed by atoms with Gasteiger partial charge in [0.1, 0.15) is 0 Å². The van der Waals surface area contributed by atoms with Crippen LogP contribution in [0.3, 0.4) is 0 Å². The van der Waals surface area contributed by atoms with Crippen molar-refractivity contribution in [2.24, 2.45) is 0 Å². The molecule has 0 aliphatic heterocycles. The Morgan fingerprint density at radius 2 is 1.95 bits per heavy atom. The van der Waals surface area contributed by atoms with Gasteiger partial charge in [-0.2, -0.15) is 5.10 Å². The molecule has 0 saturated heterocycles. The number of aryl methyl sites for hydroxylation is 1. The van der Waals surface area contributed by atoms with Gasteiger partial charge in [-0.3, -0.25) is 5.10 Å². The predicted molar refractivity (Wildman–Crippen MR) is 91.3 cm³/mol. The average Bonchev–Trinajstić information content (AvgIpc) is 2.84. The molecule has 0 aliphatic rings. The molecular weight excluding hydrogens is 350 g/mol. The van der Waals surface area contributed by atoms with Crippen LogP contribution in [0.1, 0.15) is 5.56 Å². The van der Waals surface area contributed by atoms with Crippen LogP contribution in [0.4, 0.5) is 5.82 Å². The summed E-state index contributed by atoms with van der Waals surface area (Å²) >= 11 is 9.79. The number of nitrogens with zero attached hydrogens (tertiary/aromatic N) is 1. The van der Waals surface area contributed by atoms with Crippen molar-refractivity contribution in [3.8, 4) is 22.4 Å². The molecule has 0 fully saturated rings. The van der Waals surface area contributed by atoms with Gasteiger partial charge in [-0.1, -0.05) is 57.9 Å². The van der Waals surface area contributed by atoms with Crippen LogP contribution >= 0.6 is 27.5 Å². The molecule has 0 spiro atoms. The van der Waals surface area contributed by atoms with Crippen molar-refractivity contribution in [2.75, 3.05) is 5.73 Å². The van der Waals surface area contributed by atoms with E-state index in [1.54, 1.807) is 0 Å². The lowest BCUT2D eigenvalue weighted by molar-refractivity contribution is 1.10. The molecule has 21 heavy (non-hydrogen) atoms. The second kappa shape index (κ2) is 5.54. The van der Waals surface area contributed by atoms with Crippen molar-refractivity contribution in [2.45, 2.75) is 6.92 Å². The standard InChI is InChI=1S/C16H13BrClN3/c1-9-6-7-10(8-13(9)18)15-14(16(19)21-20-15)11-4-2-3-5-12(11)17/h2-8H,1H3,(H3,19,20,21). The fraction of sp³-hybridized carbons (Fsp3) is 0.0625. The molecular formula is C16H13BrClN3. The minimum Gasteiger partial charge on any atom is -0.382 e. The van der Waals surface area contributed by atoms with Crippen LogP contribution < -0.4 is 5.73 Å². The highest BCUT2D eigenvalue weighted by atomic mass is 79.9. The van der Waals surface area contributed by atoms with Crippen LogP contribution in [0.5, 0.6) is 0 Å². The van der Waals surface area contributed by atoms with Crippen LogP contribution in [-0.2, 0) is 0 Å². The predicted octanol–water partition coefficient (Wildman–Crippen LogP) is 5.05. The van der Waals surface area contributed by atoms with E-state index < -0.39 is 0 Å². The lowest BCUT2D eigenvalue weighted by atomic mass is 10.0. The fourth-order valence-electron chi connectivity index (χ4n) is 2.25. The van der Waals surface area contributed by atoms with Gasteiger partial charge in [0, 0.05) is 20.6 Å². The summed E-state index contributed by atoms with van der Waals surface area (Å²) in [5, 5.41) is 7.88. The van der Waals surface area contributed by atoms with Crippen molar-refractivity contribution >= 4 is 33.3 Å². The summed E-state index contributed by atoms with van der Waals surface area (Å²) in [4.78, 5) is 0. The summed E-state index contributed by atoms with van der Waals surface area (Å²) in [5.41, 5.74) is 10.8. The van der Waals surface area contributed by atoms with E-state index >= 15 is 0 Å². The first-order valence-electron chi connectivity index (χ1n) is 6.43. The minimum absolute atomic E-state index is 0.466. The topological polar surface area (TPSA) is 54.7 Å². The molecule has 0 unspecified atom stereocenters. The van der Waals surface area contributed by atoms with E-state index in [1.807, 2.05) is 49.4 Å². The van der Waals surface area contributed by atoms with Crippen LogP contribution in [0.25, 0.3) is 22.4 Å². The number of nitrogens with one attached hydrogen (secondary N) is 1. The Bertz CT molecular complexity index is 811. The van der Waals surface area contributed by atoms with E-state index in [9.17, 15) is 0 Å². The molecule has 1 aromatic heterocycles. The summed E-state index contributed by atoms with van der Waals surface area (Å²) < 4.78 is 0.970. The Labute approximate surface area is 136 Å². The van der Waals surface area contributed by atoms with Gasteiger partial charge in [0.05, 0.1) is 11.3 Å². The first-order valence-corrected chi connectivity index (χ1v) is 7.60. The van der Waals surface area contributed by atoms with Crippen LogP contribution in [-0.4, -0.2) is 10.2 Å². The average molecular weight is 363 g/mol. The van der Waals surface area contributed by atoms with Gasteiger partial charge in [0.2, 0.25) is 0 Å². The zero-order valence-corrected chi connectivity index (χ0v) is 13.7. The van der Waals surface area contributed by atoms with E-state index in [4.69, 9.17) is 17.3 Å². The third kappa shape index (κ3) is 2.57. The summed E-state index contributed by atoms with van der Waals surface area (Å²) in [5.74, 6) is 0.466. The second-order valence-electron chi connectivity index (χ2n) is 4.80. The van der Waals surface area contributed by atoms with E-state index in [1.165, 1.54) is 0 Å². The smallest absolute Gasteiger partial charge is 0.153 e. The zero-order valence-electron chi connectivity index (χ0n) is 11.3. The lowest BCUT2D eigenvalue weighted by Crippen LogP contribution is -1.90. The van der Waals surface area contributed by atoms with Gasteiger partial charge in [-0.15, -0.1) is 0 Å². The number of rotatable bonds is 2. The van der Waals surface area contributed by atoms with E-state index in [2.05, 4.69) is 26.1 Å². The van der Waals surface area contributed by atoms with Gasteiger partial charge in [0.25, 0.3) is 0 Å². The number of H-pyrrole nitrogens is 1. The Morgan fingerprint density at radius 3 is 2.67 bits per heavy atom. The maximum Gasteiger partial charge on any atom is 0.153 e. The molecule has 0 aliphatic carbocycles. The third-order valence-electron chi connectivity index (χ3n) is 3.40. The third-order valence-corrected chi connectivity index (χ3v) is 4.50. The number of aromatic amines is 1. The highest BCUT2D eigenvalue weighted by Gasteiger charge is 2.17. The molecule has 0 amide bonds. The van der Waals surface area contributed by atoms with Crippen molar-refractivity contribution in [1.82, 2.24) is 10.2 Å². The molecule has 106 valence electrons. The first-order chi connectivity index (χ1) is 10.1. The van der Waals surface area contributed by atoms with Gasteiger partial charge >= 0.3 is 0 Å². The largest absolute Gasteiger partial charge is 0.382 e. The highest BCUT2D eigenvalue weighted by Crippen LogP contribution is 2.39. The molecule has 0 bridgehead atoms. The Balaban J connectivity index is 2.22.